The van der Waals surface area contributed by atoms with Crippen molar-refractivity contribution in [3.63, 3.8) is 0 Å². The van der Waals surface area contributed by atoms with E-state index in [-0.39, 0.29) is 30.6 Å². The normalized spacial score (nSPS) is 11.8. The van der Waals surface area contributed by atoms with Gasteiger partial charge in [-0.05, 0) is 32.9 Å². The summed E-state index contributed by atoms with van der Waals surface area (Å²) in [5.41, 5.74) is 2.35. The number of nitrogens with one attached hydrogen (secondary N) is 1. The van der Waals surface area contributed by atoms with Crippen LogP contribution in [0, 0.1) is 13.8 Å². The van der Waals surface area contributed by atoms with Crippen molar-refractivity contribution < 1.29 is 14.3 Å². The highest BCUT2D eigenvalue weighted by Gasteiger charge is 2.16. The Morgan fingerprint density at radius 1 is 1.29 bits per heavy atom. The van der Waals surface area contributed by atoms with E-state index in [1.165, 1.54) is 7.11 Å². The van der Waals surface area contributed by atoms with Crippen LogP contribution in [0.2, 0.25) is 0 Å². The van der Waals surface area contributed by atoms with E-state index >= 15 is 0 Å². The molecule has 0 radical (unpaired) electrons. The molecular weight excluding hydrogens is 324 g/mol. The van der Waals surface area contributed by atoms with Crippen molar-refractivity contribution in [2.45, 2.75) is 39.7 Å². The minimum Gasteiger partial charge on any atom is -0.496 e. The number of hydrogen-bond acceptors (Lipinski definition) is 5. The number of benzene rings is 1. The molecule has 5 nitrogen and oxygen atoms in total. The van der Waals surface area contributed by atoms with Gasteiger partial charge in [0.15, 0.2) is 5.78 Å². The molecule has 0 aliphatic rings. The summed E-state index contributed by atoms with van der Waals surface area (Å²) in [7, 11) is 1.53. The maximum absolute atomic E-state index is 12.4. The smallest absolute Gasteiger partial charge is 0.220 e. The van der Waals surface area contributed by atoms with Gasteiger partial charge in [0.2, 0.25) is 5.91 Å². The van der Waals surface area contributed by atoms with Crippen LogP contribution in [-0.4, -0.2) is 23.8 Å². The number of aryl methyl sites for hydroxylation is 2. The number of ketones is 1. The topological polar surface area (TPSA) is 68.3 Å². The SMILES string of the molecule is COc1ccc(C)cc1C(=O)CCC(=O)NC(C)c1csc(C)n1. The number of carbonyl (C=O) groups is 2. The van der Waals surface area contributed by atoms with E-state index in [1.807, 2.05) is 32.2 Å². The molecule has 128 valence electrons. The van der Waals surface area contributed by atoms with Crippen LogP contribution >= 0.6 is 11.3 Å². The average molecular weight is 346 g/mol. The predicted octanol–water partition coefficient (Wildman–Crippen LogP) is 3.61. The number of carbonyl (C=O) groups excluding carboxylic acids is 2. The lowest BCUT2D eigenvalue weighted by atomic mass is 10.0. The number of amides is 1. The third kappa shape index (κ3) is 4.64. The largest absolute Gasteiger partial charge is 0.496 e. The Morgan fingerprint density at radius 3 is 2.67 bits per heavy atom. The molecule has 0 aliphatic carbocycles. The van der Waals surface area contributed by atoms with Crippen molar-refractivity contribution in [2.75, 3.05) is 7.11 Å². The van der Waals surface area contributed by atoms with E-state index < -0.39 is 0 Å². The molecular formula is C18H22N2O3S. The summed E-state index contributed by atoms with van der Waals surface area (Å²) in [6.07, 6.45) is 0.290. The Labute approximate surface area is 146 Å². The second kappa shape index (κ2) is 8.06. The lowest BCUT2D eigenvalue weighted by Crippen LogP contribution is -2.27. The third-order valence-electron chi connectivity index (χ3n) is 3.69. The van der Waals surface area contributed by atoms with Gasteiger partial charge in [0.25, 0.3) is 0 Å². The van der Waals surface area contributed by atoms with Gasteiger partial charge in [-0.2, -0.15) is 0 Å². The van der Waals surface area contributed by atoms with Crippen LogP contribution in [0.15, 0.2) is 23.6 Å². The lowest BCUT2D eigenvalue weighted by Gasteiger charge is -2.12. The first-order valence-corrected chi connectivity index (χ1v) is 8.68. The number of aromatic nitrogens is 1. The lowest BCUT2D eigenvalue weighted by molar-refractivity contribution is -0.121. The van der Waals surface area contributed by atoms with Crippen molar-refractivity contribution in [1.29, 1.82) is 0 Å². The molecule has 0 aliphatic heterocycles. The summed E-state index contributed by atoms with van der Waals surface area (Å²) in [6.45, 7) is 5.73. The highest BCUT2D eigenvalue weighted by molar-refractivity contribution is 7.09. The Bertz CT molecular complexity index is 740. The molecule has 0 saturated carbocycles. The summed E-state index contributed by atoms with van der Waals surface area (Å²) in [5.74, 6) is 0.285. The van der Waals surface area contributed by atoms with E-state index in [0.717, 1.165) is 16.3 Å². The molecule has 1 atom stereocenters. The number of ether oxygens (including phenoxy) is 1. The van der Waals surface area contributed by atoms with E-state index in [1.54, 1.807) is 23.5 Å². The van der Waals surface area contributed by atoms with Crippen molar-refractivity contribution in [3.8, 4) is 5.75 Å². The van der Waals surface area contributed by atoms with Crippen LogP contribution in [0.25, 0.3) is 0 Å². The summed E-state index contributed by atoms with van der Waals surface area (Å²) >= 11 is 1.55. The summed E-state index contributed by atoms with van der Waals surface area (Å²) < 4.78 is 5.22. The molecule has 6 heteroatoms. The number of Topliss-reactive ketones (excluding diaryl/α,β-unsaturated/α-hetero) is 1. The molecule has 24 heavy (non-hydrogen) atoms. The minimum atomic E-state index is -0.161. The van der Waals surface area contributed by atoms with E-state index in [0.29, 0.717) is 11.3 Å². The van der Waals surface area contributed by atoms with Crippen LogP contribution in [0.1, 0.15) is 52.4 Å². The number of rotatable bonds is 7. The number of thiazole rings is 1. The summed E-state index contributed by atoms with van der Waals surface area (Å²) in [6, 6.07) is 5.29. The molecule has 0 fully saturated rings. The van der Waals surface area contributed by atoms with Gasteiger partial charge in [-0.3, -0.25) is 9.59 Å². The molecule has 1 heterocycles. The van der Waals surface area contributed by atoms with Crippen molar-refractivity contribution >= 4 is 23.0 Å². The summed E-state index contributed by atoms with van der Waals surface area (Å²) in [5, 5.41) is 5.78. The quantitative estimate of drug-likeness (QED) is 0.778. The second-order valence-corrected chi connectivity index (χ2v) is 6.77. The van der Waals surface area contributed by atoms with Gasteiger partial charge < -0.3 is 10.1 Å². The zero-order chi connectivity index (χ0) is 17.7. The van der Waals surface area contributed by atoms with Gasteiger partial charge in [0.05, 0.1) is 29.4 Å². The van der Waals surface area contributed by atoms with Gasteiger partial charge in [-0.15, -0.1) is 11.3 Å². The highest BCUT2D eigenvalue weighted by Crippen LogP contribution is 2.22. The maximum Gasteiger partial charge on any atom is 0.220 e. The van der Waals surface area contributed by atoms with Gasteiger partial charge in [-0.25, -0.2) is 4.98 Å². The Morgan fingerprint density at radius 2 is 2.04 bits per heavy atom. The van der Waals surface area contributed by atoms with Gasteiger partial charge in [0, 0.05) is 18.2 Å². The van der Waals surface area contributed by atoms with Gasteiger partial charge in [0.1, 0.15) is 5.75 Å². The first-order chi connectivity index (χ1) is 11.4. The Kier molecular flexibility index (Phi) is 6.09. The Hall–Kier alpha value is -2.21. The van der Waals surface area contributed by atoms with Crippen LogP contribution in [0.3, 0.4) is 0 Å². The third-order valence-corrected chi connectivity index (χ3v) is 4.48. The Balaban J connectivity index is 1.92. The zero-order valence-electron chi connectivity index (χ0n) is 14.4. The molecule has 1 unspecified atom stereocenters. The predicted molar refractivity (Wildman–Crippen MR) is 94.7 cm³/mol. The van der Waals surface area contributed by atoms with Crippen LogP contribution < -0.4 is 10.1 Å². The monoisotopic (exact) mass is 346 g/mol. The van der Waals surface area contributed by atoms with Gasteiger partial charge >= 0.3 is 0 Å². The molecule has 0 spiro atoms. The highest BCUT2D eigenvalue weighted by atomic mass is 32.1. The van der Waals surface area contributed by atoms with E-state index in [9.17, 15) is 9.59 Å². The van der Waals surface area contributed by atoms with Crippen LogP contribution in [0.5, 0.6) is 5.75 Å². The van der Waals surface area contributed by atoms with Crippen LogP contribution in [-0.2, 0) is 4.79 Å². The molecule has 1 aromatic carbocycles. The minimum absolute atomic E-state index is 0.0946. The average Bonchev–Trinajstić information content (AvgIpc) is 2.99. The molecule has 1 amide bonds. The fraction of sp³-hybridized carbons (Fsp3) is 0.389. The maximum atomic E-state index is 12.4. The fourth-order valence-corrected chi connectivity index (χ4v) is 3.07. The summed E-state index contributed by atoms with van der Waals surface area (Å²) in [4.78, 5) is 28.8. The first kappa shape index (κ1) is 18.1. The molecule has 1 aromatic heterocycles. The molecule has 0 saturated heterocycles. The second-order valence-electron chi connectivity index (χ2n) is 5.71. The van der Waals surface area contributed by atoms with E-state index in [4.69, 9.17) is 4.74 Å². The zero-order valence-corrected chi connectivity index (χ0v) is 15.2. The van der Waals surface area contributed by atoms with Crippen molar-refractivity contribution in [1.82, 2.24) is 10.3 Å². The van der Waals surface area contributed by atoms with Crippen molar-refractivity contribution in [2.24, 2.45) is 0 Å². The van der Waals surface area contributed by atoms with Gasteiger partial charge in [-0.1, -0.05) is 11.6 Å². The molecule has 1 N–H and O–H groups in total. The first-order valence-electron chi connectivity index (χ1n) is 7.80. The number of nitrogens with zero attached hydrogens (tertiary/aromatic N) is 1. The van der Waals surface area contributed by atoms with E-state index in [2.05, 4.69) is 10.3 Å². The number of methoxy groups -OCH3 is 1. The molecule has 2 aromatic rings. The molecule has 0 bridgehead atoms. The standard InChI is InChI=1S/C18H22N2O3S/c1-11-5-7-17(23-4)14(9-11)16(21)6-8-18(22)19-12(2)15-10-24-13(3)20-15/h5,7,9-10,12H,6,8H2,1-4H3,(H,19,22). The van der Waals surface area contributed by atoms with Crippen LogP contribution in [0.4, 0.5) is 0 Å². The van der Waals surface area contributed by atoms with Crippen molar-refractivity contribution in [3.05, 3.63) is 45.4 Å². The number of hydrogen-bond donors (Lipinski definition) is 1. The molecule has 2 rings (SSSR count). The fourth-order valence-electron chi connectivity index (χ4n) is 2.37.